The number of nitrogens with zero attached hydrogens (tertiary/aromatic N) is 2. The van der Waals surface area contributed by atoms with Gasteiger partial charge in [0.1, 0.15) is 0 Å². The lowest BCUT2D eigenvalue weighted by molar-refractivity contribution is 0.261. The highest BCUT2D eigenvalue weighted by Gasteiger charge is 2.08. The number of hydrogen-bond acceptors (Lipinski definition) is 4. The molecule has 1 heterocycles. The molecule has 0 spiro atoms. The molecule has 0 radical (unpaired) electrons. The summed E-state index contributed by atoms with van der Waals surface area (Å²) in [5.41, 5.74) is 8.19. The second kappa shape index (κ2) is 7.38. The first-order valence-electron chi connectivity index (χ1n) is 6.71. The van der Waals surface area contributed by atoms with Crippen LogP contribution in [0.4, 0.5) is 0 Å². The summed E-state index contributed by atoms with van der Waals surface area (Å²) in [7, 11) is 0. The molecule has 4 heteroatoms. The molecule has 0 aliphatic carbocycles. The van der Waals surface area contributed by atoms with E-state index >= 15 is 0 Å². The minimum Gasteiger partial charge on any atom is -0.329 e. The maximum atomic E-state index is 5.71. The van der Waals surface area contributed by atoms with Crippen molar-refractivity contribution in [2.45, 2.75) is 26.4 Å². The first-order valence-corrected chi connectivity index (χ1v) is 7.59. The number of nitrogens with two attached hydrogens (primary N) is 1. The van der Waals surface area contributed by atoms with Crippen molar-refractivity contribution >= 4 is 11.3 Å². The van der Waals surface area contributed by atoms with Gasteiger partial charge in [-0.2, -0.15) is 0 Å². The Morgan fingerprint density at radius 2 is 2.00 bits per heavy atom. The molecule has 3 nitrogen and oxygen atoms in total. The van der Waals surface area contributed by atoms with Gasteiger partial charge in [-0.1, -0.05) is 37.3 Å². The highest BCUT2D eigenvalue weighted by molar-refractivity contribution is 7.09. The minimum absolute atomic E-state index is 0.678. The van der Waals surface area contributed by atoms with Crippen molar-refractivity contribution in [1.82, 2.24) is 9.88 Å². The van der Waals surface area contributed by atoms with Crippen LogP contribution in [-0.4, -0.2) is 23.0 Å². The lowest BCUT2D eigenvalue weighted by Crippen LogP contribution is -2.28. The van der Waals surface area contributed by atoms with Crippen LogP contribution in [-0.2, 0) is 19.5 Å². The Balaban J connectivity index is 1.99. The Morgan fingerprint density at radius 1 is 1.21 bits per heavy atom. The highest BCUT2D eigenvalue weighted by Crippen LogP contribution is 2.14. The third kappa shape index (κ3) is 4.42. The fourth-order valence-corrected chi connectivity index (χ4v) is 2.79. The quantitative estimate of drug-likeness (QED) is 0.844. The molecule has 1 aromatic carbocycles. The Morgan fingerprint density at radius 3 is 2.63 bits per heavy atom. The number of benzene rings is 1. The largest absolute Gasteiger partial charge is 0.329 e. The number of rotatable bonds is 7. The maximum Gasteiger partial charge on any atom is 0.0926 e. The summed E-state index contributed by atoms with van der Waals surface area (Å²) in [5.74, 6) is 0. The maximum absolute atomic E-state index is 5.71. The second-order valence-electron chi connectivity index (χ2n) is 4.57. The lowest BCUT2D eigenvalue weighted by atomic mass is 10.2. The van der Waals surface area contributed by atoms with E-state index in [1.165, 1.54) is 10.6 Å². The van der Waals surface area contributed by atoms with Crippen molar-refractivity contribution in [2.75, 3.05) is 13.1 Å². The molecule has 0 amide bonds. The summed E-state index contributed by atoms with van der Waals surface area (Å²) in [6.07, 6.45) is 1.01. The summed E-state index contributed by atoms with van der Waals surface area (Å²) >= 11 is 1.75. The van der Waals surface area contributed by atoms with Gasteiger partial charge in [-0.3, -0.25) is 4.90 Å². The predicted molar refractivity (Wildman–Crippen MR) is 81.1 cm³/mol. The van der Waals surface area contributed by atoms with Gasteiger partial charge in [0.2, 0.25) is 0 Å². The van der Waals surface area contributed by atoms with E-state index in [-0.39, 0.29) is 0 Å². The number of hydrogen-bond donors (Lipinski definition) is 1. The Labute approximate surface area is 119 Å². The summed E-state index contributed by atoms with van der Waals surface area (Å²) in [5, 5.41) is 3.37. The van der Waals surface area contributed by atoms with Crippen LogP contribution in [0.1, 0.15) is 23.2 Å². The van der Waals surface area contributed by atoms with Crippen molar-refractivity contribution in [3.63, 3.8) is 0 Å². The zero-order chi connectivity index (χ0) is 13.5. The topological polar surface area (TPSA) is 42.2 Å². The van der Waals surface area contributed by atoms with Crippen LogP contribution in [0, 0.1) is 0 Å². The van der Waals surface area contributed by atoms with E-state index in [2.05, 4.69) is 46.5 Å². The van der Waals surface area contributed by atoms with Gasteiger partial charge in [-0.25, -0.2) is 4.98 Å². The van der Waals surface area contributed by atoms with Gasteiger partial charge in [0.05, 0.1) is 10.7 Å². The summed E-state index contributed by atoms with van der Waals surface area (Å²) in [6, 6.07) is 10.5. The van der Waals surface area contributed by atoms with Crippen LogP contribution in [0.5, 0.6) is 0 Å². The van der Waals surface area contributed by atoms with Crippen LogP contribution in [0.2, 0.25) is 0 Å². The van der Waals surface area contributed by atoms with Crippen molar-refractivity contribution in [2.24, 2.45) is 5.73 Å². The molecule has 0 fully saturated rings. The highest BCUT2D eigenvalue weighted by atomic mass is 32.1. The molecule has 102 valence electrons. The minimum atomic E-state index is 0.678. The molecule has 1 aromatic heterocycles. The second-order valence-corrected chi connectivity index (χ2v) is 5.51. The van der Waals surface area contributed by atoms with Crippen molar-refractivity contribution in [3.05, 3.63) is 52.0 Å². The van der Waals surface area contributed by atoms with Crippen LogP contribution < -0.4 is 5.73 Å². The number of aryl methyl sites for hydroxylation is 1. The van der Waals surface area contributed by atoms with Crippen molar-refractivity contribution < 1.29 is 0 Å². The lowest BCUT2D eigenvalue weighted by Gasteiger charge is -2.20. The number of aromatic nitrogens is 1. The molecule has 0 aliphatic rings. The van der Waals surface area contributed by atoms with E-state index in [9.17, 15) is 0 Å². The predicted octanol–water partition coefficient (Wildman–Crippen LogP) is 2.67. The van der Waals surface area contributed by atoms with E-state index < -0.39 is 0 Å². The van der Waals surface area contributed by atoms with Gasteiger partial charge in [0, 0.05) is 31.6 Å². The van der Waals surface area contributed by atoms with Gasteiger partial charge >= 0.3 is 0 Å². The summed E-state index contributed by atoms with van der Waals surface area (Å²) in [4.78, 5) is 6.98. The van der Waals surface area contributed by atoms with E-state index in [0.717, 1.165) is 31.7 Å². The van der Waals surface area contributed by atoms with Crippen LogP contribution in [0.25, 0.3) is 0 Å². The first kappa shape index (κ1) is 14.2. The fourth-order valence-electron chi connectivity index (χ4n) is 2.05. The molecule has 2 rings (SSSR count). The molecule has 0 bridgehead atoms. The normalized spacial score (nSPS) is 11.1. The van der Waals surface area contributed by atoms with E-state index in [1.54, 1.807) is 11.3 Å². The van der Waals surface area contributed by atoms with Gasteiger partial charge < -0.3 is 5.73 Å². The standard InChI is InChI=1S/C15H21N3S/c1-2-15-17-14(12-19-15)11-18(9-8-16)10-13-6-4-3-5-7-13/h3-7,12H,2,8-11,16H2,1H3. The van der Waals surface area contributed by atoms with Crippen molar-refractivity contribution in [3.8, 4) is 0 Å². The van der Waals surface area contributed by atoms with Crippen LogP contribution in [0.15, 0.2) is 35.7 Å². The fraction of sp³-hybridized carbons (Fsp3) is 0.400. The first-order chi connectivity index (χ1) is 9.31. The van der Waals surface area contributed by atoms with E-state index in [4.69, 9.17) is 5.73 Å². The zero-order valence-corrected chi connectivity index (χ0v) is 12.2. The van der Waals surface area contributed by atoms with Crippen molar-refractivity contribution in [1.29, 1.82) is 0 Å². The molecule has 0 atom stereocenters. The van der Waals surface area contributed by atoms with Gasteiger partial charge in [0.25, 0.3) is 0 Å². The third-order valence-corrected chi connectivity index (χ3v) is 4.02. The molecule has 2 N–H and O–H groups in total. The smallest absolute Gasteiger partial charge is 0.0926 e. The average Bonchev–Trinajstić information content (AvgIpc) is 2.88. The molecule has 0 unspecified atom stereocenters. The molecule has 0 saturated heterocycles. The van der Waals surface area contributed by atoms with Crippen LogP contribution >= 0.6 is 11.3 Å². The molecule has 0 aliphatic heterocycles. The van der Waals surface area contributed by atoms with Crippen LogP contribution in [0.3, 0.4) is 0 Å². The van der Waals surface area contributed by atoms with E-state index in [1.807, 2.05) is 6.07 Å². The third-order valence-electron chi connectivity index (χ3n) is 2.98. The monoisotopic (exact) mass is 275 g/mol. The molecule has 19 heavy (non-hydrogen) atoms. The molecular weight excluding hydrogens is 254 g/mol. The number of thiazole rings is 1. The van der Waals surface area contributed by atoms with E-state index in [0.29, 0.717) is 6.54 Å². The van der Waals surface area contributed by atoms with Gasteiger partial charge in [-0.05, 0) is 12.0 Å². The summed E-state index contributed by atoms with van der Waals surface area (Å²) < 4.78 is 0. The molecule has 2 aromatic rings. The van der Waals surface area contributed by atoms with Gasteiger partial charge in [-0.15, -0.1) is 11.3 Å². The molecule has 0 saturated carbocycles. The Hall–Kier alpha value is -1.23. The Bertz CT molecular complexity index is 481. The summed E-state index contributed by atoms with van der Waals surface area (Å²) in [6.45, 7) is 5.52. The zero-order valence-electron chi connectivity index (χ0n) is 11.4. The Kier molecular flexibility index (Phi) is 5.51. The average molecular weight is 275 g/mol. The SMILES string of the molecule is CCc1nc(CN(CCN)Cc2ccccc2)cs1. The van der Waals surface area contributed by atoms with Gasteiger partial charge in [0.15, 0.2) is 0 Å². The molecular formula is C15H21N3S.